The Kier molecular flexibility index (Phi) is 4.77. The van der Waals surface area contributed by atoms with Crippen molar-refractivity contribution in [2.45, 2.75) is 37.9 Å². The van der Waals surface area contributed by atoms with Crippen LogP contribution in [-0.2, 0) is 9.53 Å². The quantitative estimate of drug-likeness (QED) is 0.494. The summed E-state index contributed by atoms with van der Waals surface area (Å²) < 4.78 is 17.3. The lowest BCUT2D eigenvalue weighted by molar-refractivity contribution is -0.608. The van der Waals surface area contributed by atoms with Gasteiger partial charge >= 0.3 is 11.7 Å². The van der Waals surface area contributed by atoms with Gasteiger partial charge in [-0.15, -0.1) is 0 Å². The number of hydrogen-bond acceptors (Lipinski definition) is 6. The van der Waals surface area contributed by atoms with E-state index < -0.39 is 24.3 Å². The van der Waals surface area contributed by atoms with Crippen molar-refractivity contribution in [3.63, 3.8) is 0 Å². The lowest BCUT2D eigenvalue weighted by Gasteiger charge is -2.31. The number of fused-ring (bicyclic) bond motifs is 1. The molecule has 1 aromatic heterocycles. The first-order valence-corrected chi connectivity index (χ1v) is 9.22. The van der Waals surface area contributed by atoms with Crippen LogP contribution in [0.2, 0.25) is 0 Å². The van der Waals surface area contributed by atoms with Gasteiger partial charge in [0.25, 0.3) is 11.7 Å². The lowest BCUT2D eigenvalue weighted by Crippen LogP contribution is -2.40. The van der Waals surface area contributed by atoms with E-state index in [2.05, 4.69) is 5.32 Å². The standard InChI is InChI=1S/C20H20N2O6/c23-18(13-26-19(24)15-6-2-5-11-22(15)25)21-14-7-8-16-17(12-14)28-20(27-16)9-3-1-4-10-20/h2,5-8,11-12H,1,3-4,9-10,13H2,(H,21,23). The summed E-state index contributed by atoms with van der Waals surface area (Å²) in [6.07, 6.45) is 6.18. The van der Waals surface area contributed by atoms with E-state index in [1.165, 1.54) is 30.8 Å². The molecule has 0 radical (unpaired) electrons. The molecule has 1 aliphatic carbocycles. The molecular formula is C20H20N2O6. The van der Waals surface area contributed by atoms with Crippen molar-refractivity contribution >= 4 is 17.6 Å². The van der Waals surface area contributed by atoms with Crippen LogP contribution >= 0.6 is 0 Å². The fraction of sp³-hybridized carbons (Fsp3) is 0.350. The van der Waals surface area contributed by atoms with Crippen molar-refractivity contribution in [3.8, 4) is 11.5 Å². The number of nitrogens with one attached hydrogen (secondary N) is 1. The highest BCUT2D eigenvalue weighted by atomic mass is 16.7. The SMILES string of the molecule is O=C(COC(=O)c1cccc[n+]1[O-])Nc1ccc2c(c1)OC1(CCCCC1)O2. The van der Waals surface area contributed by atoms with Crippen LogP contribution in [0.15, 0.2) is 42.6 Å². The summed E-state index contributed by atoms with van der Waals surface area (Å²) in [5.41, 5.74) is 0.325. The number of carbonyl (C=O) groups is 2. The second-order valence-corrected chi connectivity index (χ2v) is 6.87. The average Bonchev–Trinajstić information content (AvgIpc) is 3.03. The first-order chi connectivity index (χ1) is 13.5. The zero-order valence-corrected chi connectivity index (χ0v) is 15.2. The summed E-state index contributed by atoms with van der Waals surface area (Å²) in [6, 6.07) is 9.51. The Hall–Kier alpha value is -3.29. The number of pyridine rings is 1. The Bertz CT molecular complexity index is 907. The summed E-state index contributed by atoms with van der Waals surface area (Å²) in [5.74, 6) is -0.713. The van der Waals surface area contributed by atoms with Gasteiger partial charge in [0.05, 0.1) is 0 Å². The van der Waals surface area contributed by atoms with Gasteiger partial charge in [0.1, 0.15) is 0 Å². The summed E-state index contributed by atoms with van der Waals surface area (Å²) in [6.45, 7) is -0.508. The zero-order valence-electron chi connectivity index (χ0n) is 15.2. The molecule has 146 valence electrons. The smallest absolute Gasteiger partial charge is 0.405 e. The van der Waals surface area contributed by atoms with E-state index in [-0.39, 0.29) is 5.69 Å². The highest BCUT2D eigenvalue weighted by Gasteiger charge is 2.42. The zero-order chi connectivity index (χ0) is 19.6. The molecule has 0 saturated heterocycles. The maximum Gasteiger partial charge on any atom is 0.405 e. The second kappa shape index (κ2) is 7.38. The lowest BCUT2D eigenvalue weighted by atomic mass is 9.94. The third kappa shape index (κ3) is 3.71. The molecule has 1 aromatic carbocycles. The number of rotatable bonds is 4. The van der Waals surface area contributed by atoms with Gasteiger partial charge in [-0.3, -0.25) is 4.79 Å². The van der Waals surface area contributed by atoms with E-state index in [1.807, 2.05) is 0 Å². The molecule has 28 heavy (non-hydrogen) atoms. The number of amides is 1. The molecule has 2 aromatic rings. The van der Waals surface area contributed by atoms with Crippen LogP contribution in [-0.4, -0.2) is 24.3 Å². The molecular weight excluding hydrogens is 364 g/mol. The monoisotopic (exact) mass is 384 g/mol. The Labute approximate surface area is 161 Å². The van der Waals surface area contributed by atoms with Crippen molar-refractivity contribution in [1.29, 1.82) is 0 Å². The molecule has 1 spiro atoms. The number of anilines is 1. The number of benzene rings is 1. The predicted molar refractivity (Wildman–Crippen MR) is 97.8 cm³/mol. The van der Waals surface area contributed by atoms with E-state index in [0.717, 1.165) is 25.7 Å². The van der Waals surface area contributed by atoms with Crippen LogP contribution < -0.4 is 19.5 Å². The minimum absolute atomic E-state index is 0.184. The number of hydrogen-bond donors (Lipinski definition) is 1. The van der Waals surface area contributed by atoms with E-state index in [9.17, 15) is 14.8 Å². The topological polar surface area (TPSA) is 101 Å². The summed E-state index contributed by atoms with van der Waals surface area (Å²) in [5, 5.41) is 14.2. The normalized spacial score (nSPS) is 16.6. The van der Waals surface area contributed by atoms with Crippen molar-refractivity contribution in [1.82, 2.24) is 0 Å². The second-order valence-electron chi connectivity index (χ2n) is 6.87. The number of esters is 1. The van der Waals surface area contributed by atoms with Crippen LogP contribution in [0, 0.1) is 5.21 Å². The number of nitrogens with zero attached hydrogens (tertiary/aromatic N) is 1. The maximum atomic E-state index is 12.1. The third-order valence-corrected chi connectivity index (χ3v) is 4.80. The third-order valence-electron chi connectivity index (χ3n) is 4.80. The molecule has 0 atom stereocenters. The van der Waals surface area contributed by atoms with Crippen LogP contribution in [0.3, 0.4) is 0 Å². The summed E-state index contributed by atoms with van der Waals surface area (Å²) >= 11 is 0. The van der Waals surface area contributed by atoms with Gasteiger partial charge in [0, 0.05) is 36.7 Å². The number of ether oxygens (including phenoxy) is 3. The van der Waals surface area contributed by atoms with Crippen LogP contribution in [0.4, 0.5) is 5.69 Å². The van der Waals surface area contributed by atoms with Gasteiger partial charge in [0.15, 0.2) is 24.3 Å². The molecule has 8 heteroatoms. The molecule has 1 saturated carbocycles. The highest BCUT2D eigenvalue weighted by Crippen LogP contribution is 2.46. The largest absolute Gasteiger partial charge is 0.618 e. The van der Waals surface area contributed by atoms with Crippen molar-refractivity contribution in [2.75, 3.05) is 11.9 Å². The van der Waals surface area contributed by atoms with Gasteiger partial charge in [0.2, 0.25) is 0 Å². The summed E-state index contributed by atoms with van der Waals surface area (Å²) in [4.78, 5) is 24.0. The van der Waals surface area contributed by atoms with Crippen molar-refractivity contribution < 1.29 is 28.5 Å². The number of aromatic nitrogens is 1. The molecule has 0 unspecified atom stereocenters. The molecule has 1 N–H and O–H groups in total. The molecule has 1 aliphatic heterocycles. The van der Waals surface area contributed by atoms with Crippen molar-refractivity contribution in [3.05, 3.63) is 53.5 Å². The average molecular weight is 384 g/mol. The maximum absolute atomic E-state index is 12.1. The highest BCUT2D eigenvalue weighted by molar-refractivity contribution is 5.94. The summed E-state index contributed by atoms with van der Waals surface area (Å²) in [7, 11) is 0. The fourth-order valence-corrected chi connectivity index (χ4v) is 3.45. The fourth-order valence-electron chi connectivity index (χ4n) is 3.45. The Morgan fingerprint density at radius 3 is 2.68 bits per heavy atom. The van der Waals surface area contributed by atoms with E-state index in [1.54, 1.807) is 18.2 Å². The van der Waals surface area contributed by atoms with Gasteiger partial charge < -0.3 is 24.7 Å². The molecule has 1 fully saturated rings. The molecule has 0 bridgehead atoms. The molecule has 8 nitrogen and oxygen atoms in total. The first kappa shape index (κ1) is 18.1. The molecule has 1 amide bonds. The van der Waals surface area contributed by atoms with Gasteiger partial charge in [-0.25, -0.2) is 4.79 Å². The number of carbonyl (C=O) groups excluding carboxylic acids is 2. The van der Waals surface area contributed by atoms with Crippen molar-refractivity contribution in [2.24, 2.45) is 0 Å². The van der Waals surface area contributed by atoms with E-state index in [4.69, 9.17) is 14.2 Å². The molecule has 2 aliphatic rings. The van der Waals surface area contributed by atoms with Gasteiger partial charge in [-0.2, -0.15) is 4.73 Å². The Morgan fingerprint density at radius 1 is 1.11 bits per heavy atom. The van der Waals surface area contributed by atoms with Gasteiger partial charge in [-0.05, 0) is 31.0 Å². The predicted octanol–water partition coefficient (Wildman–Crippen LogP) is 2.55. The van der Waals surface area contributed by atoms with Crippen LogP contribution in [0.25, 0.3) is 0 Å². The van der Waals surface area contributed by atoms with Gasteiger partial charge in [-0.1, -0.05) is 6.42 Å². The Morgan fingerprint density at radius 2 is 1.89 bits per heavy atom. The Balaban J connectivity index is 1.34. The van der Waals surface area contributed by atoms with Crippen LogP contribution in [0.1, 0.15) is 42.6 Å². The minimum Gasteiger partial charge on any atom is -0.618 e. The van der Waals surface area contributed by atoms with E-state index in [0.29, 0.717) is 21.9 Å². The van der Waals surface area contributed by atoms with E-state index >= 15 is 0 Å². The van der Waals surface area contributed by atoms with Crippen LogP contribution in [0.5, 0.6) is 11.5 Å². The minimum atomic E-state index is -0.865. The molecule has 2 heterocycles. The first-order valence-electron chi connectivity index (χ1n) is 9.22. The molecule has 4 rings (SSSR count).